The van der Waals surface area contributed by atoms with E-state index in [4.69, 9.17) is 9.68 Å². The smallest absolute Gasteiger partial charge is 0.293 e. The molecule has 2 rings (SSSR count). The summed E-state index contributed by atoms with van der Waals surface area (Å²) < 4.78 is 18.3. The highest BCUT2D eigenvalue weighted by Crippen LogP contribution is 2.16. The van der Waals surface area contributed by atoms with E-state index in [1.54, 1.807) is 19.9 Å². The maximum atomic E-state index is 13.1. The first-order valence-electron chi connectivity index (χ1n) is 5.46. The Hall–Kier alpha value is -2.68. The van der Waals surface area contributed by atoms with E-state index in [9.17, 15) is 9.18 Å². The summed E-state index contributed by atoms with van der Waals surface area (Å²) in [5.41, 5.74) is 0.650. The van der Waals surface area contributed by atoms with E-state index >= 15 is 0 Å². The number of anilines is 1. The minimum Gasteiger partial charge on any atom is -0.436 e. The summed E-state index contributed by atoms with van der Waals surface area (Å²) in [5, 5.41) is 11.2. The van der Waals surface area contributed by atoms with Crippen LogP contribution in [-0.2, 0) is 0 Å². The molecule has 0 radical (unpaired) electrons. The number of carbonyl (C=O) groups is 1. The van der Waals surface area contributed by atoms with Crippen molar-refractivity contribution >= 4 is 11.6 Å². The van der Waals surface area contributed by atoms with Crippen LogP contribution < -0.4 is 5.32 Å². The van der Waals surface area contributed by atoms with E-state index < -0.39 is 11.7 Å². The summed E-state index contributed by atoms with van der Waals surface area (Å²) in [7, 11) is 0. The van der Waals surface area contributed by atoms with Crippen LogP contribution in [0.4, 0.5) is 10.1 Å². The van der Waals surface area contributed by atoms with Gasteiger partial charge in [-0.25, -0.2) is 9.37 Å². The molecule has 5 nitrogen and oxygen atoms in total. The van der Waals surface area contributed by atoms with Crippen LogP contribution in [-0.4, -0.2) is 10.9 Å². The molecular weight excluding hydrogens is 249 g/mol. The van der Waals surface area contributed by atoms with Gasteiger partial charge in [-0.3, -0.25) is 4.79 Å². The summed E-state index contributed by atoms with van der Waals surface area (Å²) in [6.45, 7) is 3.28. The highest BCUT2D eigenvalue weighted by Gasteiger charge is 2.16. The van der Waals surface area contributed by atoms with Gasteiger partial charge in [0.05, 0.1) is 11.3 Å². The van der Waals surface area contributed by atoms with Crippen molar-refractivity contribution in [1.82, 2.24) is 4.98 Å². The number of aryl methyl sites for hydroxylation is 2. The van der Waals surface area contributed by atoms with Gasteiger partial charge in [-0.05, 0) is 25.1 Å². The molecular formula is C13H10FN3O2. The van der Waals surface area contributed by atoms with Crippen LogP contribution in [0.5, 0.6) is 0 Å². The lowest BCUT2D eigenvalue weighted by Gasteiger charge is -2.04. The van der Waals surface area contributed by atoms with Crippen molar-refractivity contribution in [1.29, 1.82) is 5.26 Å². The Morgan fingerprint density at radius 1 is 1.47 bits per heavy atom. The van der Waals surface area contributed by atoms with Gasteiger partial charge in [-0.2, -0.15) is 5.26 Å². The zero-order valence-electron chi connectivity index (χ0n) is 10.3. The number of carbonyl (C=O) groups excluding carboxylic acids is 1. The zero-order valence-corrected chi connectivity index (χ0v) is 10.3. The lowest BCUT2D eigenvalue weighted by Crippen LogP contribution is -2.12. The van der Waals surface area contributed by atoms with E-state index in [-0.39, 0.29) is 11.3 Å². The van der Waals surface area contributed by atoms with Gasteiger partial charge in [-0.1, -0.05) is 0 Å². The van der Waals surface area contributed by atoms with Crippen molar-refractivity contribution < 1.29 is 13.6 Å². The third kappa shape index (κ3) is 2.60. The van der Waals surface area contributed by atoms with Crippen LogP contribution in [0.3, 0.4) is 0 Å². The van der Waals surface area contributed by atoms with Crippen molar-refractivity contribution in [3.8, 4) is 6.07 Å². The standard InChI is InChI=1S/C13H10FN3O2/c1-7-12(19-8(2)16-7)13(18)17-10-3-4-11(14)9(5-10)6-15/h3-5H,1-2H3,(H,17,18). The Morgan fingerprint density at radius 2 is 2.21 bits per heavy atom. The molecule has 2 aromatic rings. The summed E-state index contributed by atoms with van der Waals surface area (Å²) in [4.78, 5) is 15.9. The molecule has 0 unspecified atom stereocenters. The molecule has 1 aromatic carbocycles. The average Bonchev–Trinajstić information content (AvgIpc) is 2.71. The van der Waals surface area contributed by atoms with Crippen LogP contribution >= 0.6 is 0 Å². The molecule has 0 saturated heterocycles. The second-order valence-corrected chi connectivity index (χ2v) is 3.91. The number of nitriles is 1. The lowest BCUT2D eigenvalue weighted by molar-refractivity contribution is 0.0994. The number of aromatic nitrogens is 1. The average molecular weight is 259 g/mol. The Bertz CT molecular complexity index is 686. The largest absolute Gasteiger partial charge is 0.436 e. The van der Waals surface area contributed by atoms with E-state index in [0.717, 1.165) is 6.07 Å². The number of halogens is 1. The van der Waals surface area contributed by atoms with Gasteiger partial charge in [0, 0.05) is 12.6 Å². The van der Waals surface area contributed by atoms with Crippen LogP contribution in [0.2, 0.25) is 0 Å². The number of hydrogen-bond donors (Lipinski definition) is 1. The van der Waals surface area contributed by atoms with E-state index in [0.29, 0.717) is 17.3 Å². The van der Waals surface area contributed by atoms with Gasteiger partial charge in [0.1, 0.15) is 11.9 Å². The molecule has 1 N–H and O–H groups in total. The van der Waals surface area contributed by atoms with Gasteiger partial charge in [0.15, 0.2) is 5.89 Å². The summed E-state index contributed by atoms with van der Waals surface area (Å²) in [6, 6.07) is 5.44. The molecule has 0 aliphatic rings. The van der Waals surface area contributed by atoms with Crippen molar-refractivity contribution in [2.24, 2.45) is 0 Å². The van der Waals surface area contributed by atoms with E-state index in [2.05, 4.69) is 10.3 Å². The number of benzene rings is 1. The van der Waals surface area contributed by atoms with Crippen molar-refractivity contribution in [2.45, 2.75) is 13.8 Å². The molecule has 1 amide bonds. The van der Waals surface area contributed by atoms with Crippen LogP contribution in [0, 0.1) is 31.0 Å². The van der Waals surface area contributed by atoms with E-state index in [1.165, 1.54) is 12.1 Å². The fraction of sp³-hybridized carbons (Fsp3) is 0.154. The van der Waals surface area contributed by atoms with Crippen LogP contribution in [0.25, 0.3) is 0 Å². The quantitative estimate of drug-likeness (QED) is 0.898. The Morgan fingerprint density at radius 3 is 2.79 bits per heavy atom. The first-order valence-corrected chi connectivity index (χ1v) is 5.46. The predicted octanol–water partition coefficient (Wildman–Crippen LogP) is 2.55. The zero-order chi connectivity index (χ0) is 14.0. The first-order chi connectivity index (χ1) is 9.01. The van der Waals surface area contributed by atoms with Gasteiger partial charge >= 0.3 is 0 Å². The first kappa shape index (κ1) is 12.8. The minimum atomic E-state index is -0.632. The summed E-state index contributed by atoms with van der Waals surface area (Å²) >= 11 is 0. The lowest BCUT2D eigenvalue weighted by atomic mass is 10.2. The number of oxazole rings is 1. The second-order valence-electron chi connectivity index (χ2n) is 3.91. The third-order valence-electron chi connectivity index (χ3n) is 2.45. The van der Waals surface area contributed by atoms with Gasteiger partial charge < -0.3 is 9.73 Å². The summed E-state index contributed by atoms with van der Waals surface area (Å²) in [5.74, 6) is -0.638. The molecule has 1 aromatic heterocycles. The monoisotopic (exact) mass is 259 g/mol. The fourth-order valence-corrected chi connectivity index (χ4v) is 1.62. The highest BCUT2D eigenvalue weighted by atomic mass is 19.1. The van der Waals surface area contributed by atoms with Gasteiger partial charge in [0.2, 0.25) is 5.76 Å². The number of nitrogens with zero attached hydrogens (tertiary/aromatic N) is 2. The molecule has 0 fully saturated rings. The van der Waals surface area contributed by atoms with Crippen LogP contribution in [0.1, 0.15) is 27.7 Å². The van der Waals surface area contributed by atoms with Crippen molar-refractivity contribution in [3.63, 3.8) is 0 Å². The maximum Gasteiger partial charge on any atom is 0.293 e. The second kappa shape index (κ2) is 4.90. The van der Waals surface area contributed by atoms with Gasteiger partial charge in [-0.15, -0.1) is 0 Å². The third-order valence-corrected chi connectivity index (χ3v) is 2.45. The van der Waals surface area contributed by atoms with E-state index in [1.807, 2.05) is 0 Å². The molecule has 0 saturated carbocycles. The fourth-order valence-electron chi connectivity index (χ4n) is 1.62. The Balaban J connectivity index is 2.25. The molecule has 0 aliphatic heterocycles. The topological polar surface area (TPSA) is 78.9 Å². The normalized spacial score (nSPS) is 10.0. The molecule has 19 heavy (non-hydrogen) atoms. The van der Waals surface area contributed by atoms with Crippen molar-refractivity contribution in [2.75, 3.05) is 5.32 Å². The molecule has 6 heteroatoms. The molecule has 96 valence electrons. The molecule has 0 bridgehead atoms. The SMILES string of the molecule is Cc1nc(C)c(C(=O)Nc2ccc(F)c(C#N)c2)o1. The number of hydrogen-bond acceptors (Lipinski definition) is 4. The van der Waals surface area contributed by atoms with Crippen LogP contribution in [0.15, 0.2) is 22.6 Å². The minimum absolute atomic E-state index is 0.0975. The Labute approximate surface area is 108 Å². The molecule has 0 spiro atoms. The molecule has 0 aliphatic carbocycles. The molecule has 0 atom stereocenters. The maximum absolute atomic E-state index is 13.1. The highest BCUT2D eigenvalue weighted by molar-refractivity contribution is 6.03. The molecule has 1 heterocycles. The number of nitrogens with one attached hydrogen (secondary N) is 1. The van der Waals surface area contributed by atoms with Gasteiger partial charge in [0.25, 0.3) is 5.91 Å². The number of rotatable bonds is 2. The number of amides is 1. The predicted molar refractivity (Wildman–Crippen MR) is 65.0 cm³/mol. The summed E-state index contributed by atoms with van der Waals surface area (Å²) in [6.07, 6.45) is 0. The Kier molecular flexibility index (Phi) is 3.29. The van der Waals surface area contributed by atoms with Crippen molar-refractivity contribution in [3.05, 3.63) is 46.9 Å².